The van der Waals surface area contributed by atoms with Gasteiger partial charge in [0.2, 0.25) is 11.8 Å². The van der Waals surface area contributed by atoms with Crippen LogP contribution in [0.4, 0.5) is 0 Å². The molecule has 25 heavy (non-hydrogen) atoms. The molecule has 0 heterocycles. The maximum Gasteiger partial charge on any atom is 0.251 e. The van der Waals surface area contributed by atoms with Crippen LogP contribution in [0, 0.1) is 11.8 Å². The molecule has 1 aliphatic carbocycles. The van der Waals surface area contributed by atoms with Crippen LogP contribution in [0.1, 0.15) is 77.0 Å². The third-order valence-electron chi connectivity index (χ3n) is 4.69. The summed E-state index contributed by atoms with van der Waals surface area (Å²) in [7, 11) is 0. The number of nitrogens with one attached hydrogen (secondary N) is 1. The number of amides is 3. The molecule has 0 aliphatic heterocycles. The van der Waals surface area contributed by atoms with Gasteiger partial charge in [0.15, 0.2) is 0 Å². The number of rotatable bonds is 6. The molecule has 1 fully saturated rings. The van der Waals surface area contributed by atoms with Crippen molar-refractivity contribution in [3.05, 3.63) is 34.9 Å². The van der Waals surface area contributed by atoms with Crippen molar-refractivity contribution in [2.24, 2.45) is 23.3 Å². The van der Waals surface area contributed by atoms with Crippen molar-refractivity contribution in [2.45, 2.75) is 52.0 Å². The van der Waals surface area contributed by atoms with Crippen molar-refractivity contribution < 1.29 is 14.4 Å². The highest BCUT2D eigenvalue weighted by molar-refractivity contribution is 6.03. The van der Waals surface area contributed by atoms with Crippen LogP contribution in [0.15, 0.2) is 18.2 Å². The van der Waals surface area contributed by atoms with Crippen molar-refractivity contribution in [1.82, 2.24) is 5.32 Å². The van der Waals surface area contributed by atoms with Crippen LogP contribution in [-0.4, -0.2) is 23.8 Å². The standard InChI is InChI=1S/C19H27N3O3/c1-11(2)6-12-4-3-5-16(7-12)22-19(25)15-9-13(17(20)23)8-14(10-15)18(21)24/h8-12,16H,3-7H2,1-2H3,(H2,20,23)(H2,21,24)(H,22,25). The fourth-order valence-corrected chi connectivity index (χ4v) is 3.61. The van der Waals surface area contributed by atoms with Gasteiger partial charge in [0.25, 0.3) is 5.91 Å². The third-order valence-corrected chi connectivity index (χ3v) is 4.69. The van der Waals surface area contributed by atoms with Crippen molar-refractivity contribution >= 4 is 17.7 Å². The Balaban J connectivity index is 2.12. The molecule has 1 saturated carbocycles. The second-order valence-corrected chi connectivity index (χ2v) is 7.36. The van der Waals surface area contributed by atoms with E-state index in [4.69, 9.17) is 11.5 Å². The van der Waals surface area contributed by atoms with Crippen LogP contribution in [0.5, 0.6) is 0 Å². The van der Waals surface area contributed by atoms with E-state index in [9.17, 15) is 14.4 Å². The quantitative estimate of drug-likeness (QED) is 0.734. The molecule has 0 saturated heterocycles. The Labute approximate surface area is 148 Å². The van der Waals surface area contributed by atoms with Crippen LogP contribution < -0.4 is 16.8 Å². The maximum atomic E-state index is 12.6. The summed E-state index contributed by atoms with van der Waals surface area (Å²) >= 11 is 0. The highest BCUT2D eigenvalue weighted by atomic mass is 16.2. The van der Waals surface area contributed by atoms with Gasteiger partial charge < -0.3 is 16.8 Å². The van der Waals surface area contributed by atoms with Crippen molar-refractivity contribution in [2.75, 3.05) is 0 Å². The summed E-state index contributed by atoms with van der Waals surface area (Å²) in [5.74, 6) is -0.443. The summed E-state index contributed by atoms with van der Waals surface area (Å²) in [4.78, 5) is 35.4. The van der Waals surface area contributed by atoms with E-state index < -0.39 is 11.8 Å². The molecule has 0 radical (unpaired) electrons. The molecule has 2 atom stereocenters. The summed E-state index contributed by atoms with van der Waals surface area (Å²) < 4.78 is 0. The van der Waals surface area contributed by atoms with Crippen LogP contribution >= 0.6 is 0 Å². The average Bonchev–Trinajstić information content (AvgIpc) is 2.54. The number of hydrogen-bond acceptors (Lipinski definition) is 3. The number of primary amides is 2. The molecule has 1 aromatic carbocycles. The number of hydrogen-bond donors (Lipinski definition) is 3. The van der Waals surface area contributed by atoms with Gasteiger partial charge >= 0.3 is 0 Å². The number of carbonyl (C=O) groups excluding carboxylic acids is 3. The Bertz CT molecular complexity index is 638. The molecule has 1 aliphatic rings. The molecule has 0 bridgehead atoms. The van der Waals surface area contributed by atoms with Gasteiger partial charge in [0.1, 0.15) is 0 Å². The maximum absolute atomic E-state index is 12.6. The van der Waals surface area contributed by atoms with E-state index in [1.54, 1.807) is 0 Å². The molecule has 0 aromatic heterocycles. The first kappa shape index (κ1) is 19.0. The van der Waals surface area contributed by atoms with Crippen LogP contribution in [0.3, 0.4) is 0 Å². The van der Waals surface area contributed by atoms with E-state index in [-0.39, 0.29) is 28.6 Å². The predicted molar refractivity (Wildman–Crippen MR) is 96.1 cm³/mol. The number of nitrogens with two attached hydrogens (primary N) is 2. The van der Waals surface area contributed by atoms with E-state index in [1.165, 1.54) is 24.6 Å². The van der Waals surface area contributed by atoms with Gasteiger partial charge in [-0.2, -0.15) is 0 Å². The molecule has 2 unspecified atom stereocenters. The minimum atomic E-state index is -0.702. The van der Waals surface area contributed by atoms with Gasteiger partial charge in [-0.15, -0.1) is 0 Å². The topological polar surface area (TPSA) is 115 Å². The van der Waals surface area contributed by atoms with Crippen LogP contribution in [0.2, 0.25) is 0 Å². The fourth-order valence-electron chi connectivity index (χ4n) is 3.61. The molecular weight excluding hydrogens is 318 g/mol. The summed E-state index contributed by atoms with van der Waals surface area (Å²) in [5.41, 5.74) is 11.0. The SMILES string of the molecule is CC(C)CC1CCCC(NC(=O)c2cc(C(N)=O)cc(C(N)=O)c2)C1. The second kappa shape index (κ2) is 8.14. The molecule has 1 aromatic rings. The monoisotopic (exact) mass is 345 g/mol. The fraction of sp³-hybridized carbons (Fsp3) is 0.526. The van der Waals surface area contributed by atoms with Gasteiger partial charge in [-0.25, -0.2) is 0 Å². The molecule has 6 nitrogen and oxygen atoms in total. The van der Waals surface area contributed by atoms with E-state index in [0.29, 0.717) is 11.8 Å². The van der Waals surface area contributed by atoms with Gasteiger partial charge in [-0.1, -0.05) is 26.7 Å². The molecule has 0 spiro atoms. The lowest BCUT2D eigenvalue weighted by atomic mass is 9.81. The second-order valence-electron chi connectivity index (χ2n) is 7.36. The lowest BCUT2D eigenvalue weighted by Gasteiger charge is -2.30. The van der Waals surface area contributed by atoms with E-state index >= 15 is 0 Å². The smallest absolute Gasteiger partial charge is 0.251 e. The van der Waals surface area contributed by atoms with E-state index in [0.717, 1.165) is 25.7 Å². The zero-order chi connectivity index (χ0) is 18.6. The van der Waals surface area contributed by atoms with Crippen molar-refractivity contribution in [3.63, 3.8) is 0 Å². The first-order chi connectivity index (χ1) is 11.8. The lowest BCUT2D eigenvalue weighted by Crippen LogP contribution is -2.38. The average molecular weight is 345 g/mol. The van der Waals surface area contributed by atoms with Crippen molar-refractivity contribution in [3.8, 4) is 0 Å². The minimum Gasteiger partial charge on any atom is -0.366 e. The normalized spacial score (nSPS) is 20.3. The molecule has 2 rings (SSSR count). The van der Waals surface area contributed by atoms with Gasteiger partial charge in [0.05, 0.1) is 0 Å². The van der Waals surface area contributed by atoms with Gasteiger partial charge in [0, 0.05) is 22.7 Å². The Kier molecular flexibility index (Phi) is 6.17. The number of carbonyl (C=O) groups is 3. The highest BCUT2D eigenvalue weighted by Crippen LogP contribution is 2.29. The van der Waals surface area contributed by atoms with E-state index in [1.807, 2.05) is 0 Å². The third kappa shape index (κ3) is 5.31. The Morgan fingerprint density at radius 1 is 1.04 bits per heavy atom. The Morgan fingerprint density at radius 2 is 1.60 bits per heavy atom. The molecule has 5 N–H and O–H groups in total. The van der Waals surface area contributed by atoms with Crippen LogP contribution in [-0.2, 0) is 0 Å². The Hall–Kier alpha value is -2.37. The summed E-state index contributed by atoms with van der Waals surface area (Å²) in [6, 6.07) is 4.22. The van der Waals surface area contributed by atoms with Gasteiger partial charge in [-0.3, -0.25) is 14.4 Å². The first-order valence-electron chi connectivity index (χ1n) is 8.81. The zero-order valence-corrected chi connectivity index (χ0v) is 14.9. The summed E-state index contributed by atoms with van der Waals surface area (Å²) in [6.07, 6.45) is 5.36. The lowest BCUT2D eigenvalue weighted by molar-refractivity contribution is 0.0917. The molecular formula is C19H27N3O3. The molecule has 3 amide bonds. The summed E-state index contributed by atoms with van der Waals surface area (Å²) in [5, 5.41) is 3.03. The first-order valence-corrected chi connectivity index (χ1v) is 8.81. The van der Waals surface area contributed by atoms with Gasteiger partial charge in [-0.05, 0) is 49.3 Å². The minimum absolute atomic E-state index is 0.0998. The predicted octanol–water partition coefficient (Wildman–Crippen LogP) is 2.22. The highest BCUT2D eigenvalue weighted by Gasteiger charge is 2.24. The Morgan fingerprint density at radius 3 is 2.12 bits per heavy atom. The summed E-state index contributed by atoms with van der Waals surface area (Å²) in [6.45, 7) is 4.42. The number of benzene rings is 1. The molecule has 136 valence electrons. The van der Waals surface area contributed by atoms with E-state index in [2.05, 4.69) is 19.2 Å². The largest absolute Gasteiger partial charge is 0.366 e. The van der Waals surface area contributed by atoms with Crippen LogP contribution in [0.25, 0.3) is 0 Å². The zero-order valence-electron chi connectivity index (χ0n) is 14.9. The molecule has 6 heteroatoms. The van der Waals surface area contributed by atoms with Crippen molar-refractivity contribution in [1.29, 1.82) is 0 Å².